The lowest BCUT2D eigenvalue weighted by molar-refractivity contribution is 0.220. The summed E-state index contributed by atoms with van der Waals surface area (Å²) in [5, 5.41) is 2.81. The average Bonchev–Trinajstić information content (AvgIpc) is 3.00. The third kappa shape index (κ3) is 3.90. The molecule has 1 aromatic heterocycles. The molecule has 0 unspecified atom stereocenters. The van der Waals surface area contributed by atoms with Crippen LogP contribution in [-0.2, 0) is 6.54 Å². The second-order valence-electron chi connectivity index (χ2n) is 6.34. The van der Waals surface area contributed by atoms with Crippen LogP contribution in [0.15, 0.2) is 53.5 Å². The van der Waals surface area contributed by atoms with Crippen molar-refractivity contribution in [3.8, 4) is 11.4 Å². The highest BCUT2D eigenvalue weighted by molar-refractivity contribution is 5.91. The summed E-state index contributed by atoms with van der Waals surface area (Å²) in [5.41, 5.74) is 2.10. The van der Waals surface area contributed by atoms with E-state index >= 15 is 0 Å². The van der Waals surface area contributed by atoms with Gasteiger partial charge in [0.15, 0.2) is 11.6 Å². The van der Waals surface area contributed by atoms with Crippen LogP contribution in [0.5, 0.6) is 5.75 Å². The van der Waals surface area contributed by atoms with Crippen LogP contribution in [0.4, 0.5) is 14.9 Å². The van der Waals surface area contributed by atoms with Crippen molar-refractivity contribution in [3.05, 3.63) is 76.2 Å². The van der Waals surface area contributed by atoms with E-state index in [1.54, 1.807) is 50.5 Å². The first-order valence-corrected chi connectivity index (χ1v) is 8.61. The van der Waals surface area contributed by atoms with E-state index in [9.17, 15) is 14.0 Å². The normalized spacial score (nSPS) is 10.6. The van der Waals surface area contributed by atoms with Gasteiger partial charge in [0.05, 0.1) is 18.5 Å². The predicted molar refractivity (Wildman–Crippen MR) is 105 cm³/mol. The van der Waals surface area contributed by atoms with E-state index in [1.807, 2.05) is 0 Å². The van der Waals surface area contributed by atoms with Crippen molar-refractivity contribution in [2.45, 2.75) is 13.5 Å². The molecule has 3 aromatic rings. The van der Waals surface area contributed by atoms with Gasteiger partial charge >= 0.3 is 11.7 Å². The molecule has 2 aromatic carbocycles. The van der Waals surface area contributed by atoms with Crippen LogP contribution in [-0.4, -0.2) is 34.6 Å². The van der Waals surface area contributed by atoms with Gasteiger partial charge in [0.25, 0.3) is 0 Å². The maximum atomic E-state index is 13.9. The van der Waals surface area contributed by atoms with Gasteiger partial charge < -0.3 is 19.9 Å². The summed E-state index contributed by atoms with van der Waals surface area (Å²) in [6.07, 6.45) is 1.60. The quantitative estimate of drug-likeness (QED) is 0.709. The largest absolute Gasteiger partial charge is 0.494 e. The molecule has 0 aliphatic carbocycles. The van der Waals surface area contributed by atoms with Gasteiger partial charge in [-0.1, -0.05) is 18.2 Å². The Morgan fingerprint density at radius 1 is 1.29 bits per heavy atom. The number of amides is 2. The number of aromatic amines is 1. The molecule has 0 radical (unpaired) electrons. The van der Waals surface area contributed by atoms with Crippen molar-refractivity contribution < 1.29 is 13.9 Å². The molecule has 0 bridgehead atoms. The summed E-state index contributed by atoms with van der Waals surface area (Å²) in [4.78, 5) is 28.7. The highest BCUT2D eigenvalue weighted by Gasteiger charge is 2.15. The number of methoxy groups -OCH3 is 1. The van der Waals surface area contributed by atoms with Crippen LogP contribution in [0, 0.1) is 12.7 Å². The summed E-state index contributed by atoms with van der Waals surface area (Å²) in [5.74, 6) is -0.335. The molecule has 0 saturated carbocycles. The van der Waals surface area contributed by atoms with Crippen molar-refractivity contribution in [3.63, 3.8) is 0 Å². The Hall–Kier alpha value is -3.55. The first-order valence-electron chi connectivity index (χ1n) is 8.61. The van der Waals surface area contributed by atoms with Gasteiger partial charge in [-0.3, -0.25) is 4.57 Å². The molecule has 0 spiro atoms. The number of rotatable bonds is 5. The molecule has 146 valence electrons. The van der Waals surface area contributed by atoms with Crippen LogP contribution in [0.25, 0.3) is 5.69 Å². The van der Waals surface area contributed by atoms with Crippen molar-refractivity contribution in [2.24, 2.45) is 0 Å². The Balaban J connectivity index is 1.78. The summed E-state index contributed by atoms with van der Waals surface area (Å²) in [7, 11) is 3.00. The van der Waals surface area contributed by atoms with Gasteiger partial charge in [-0.25, -0.2) is 14.0 Å². The minimum absolute atomic E-state index is 0.150. The third-order valence-electron chi connectivity index (χ3n) is 4.33. The molecule has 2 N–H and O–H groups in total. The molecule has 1 heterocycles. The zero-order valence-corrected chi connectivity index (χ0v) is 15.8. The van der Waals surface area contributed by atoms with Crippen molar-refractivity contribution >= 4 is 11.7 Å². The molecule has 0 fully saturated rings. The van der Waals surface area contributed by atoms with Gasteiger partial charge in [-0.15, -0.1) is 0 Å². The molecule has 0 aliphatic rings. The molecule has 8 heteroatoms. The number of carbonyl (C=O) groups is 1. The number of H-pyrrole nitrogens is 1. The van der Waals surface area contributed by atoms with Gasteiger partial charge in [-0.05, 0) is 36.8 Å². The fourth-order valence-electron chi connectivity index (χ4n) is 2.89. The number of hydrogen-bond acceptors (Lipinski definition) is 3. The van der Waals surface area contributed by atoms with E-state index in [-0.39, 0.29) is 24.0 Å². The average molecular weight is 384 g/mol. The highest BCUT2D eigenvalue weighted by atomic mass is 19.1. The number of nitrogens with zero attached hydrogens (tertiary/aromatic N) is 2. The Labute approximate surface area is 161 Å². The maximum Gasteiger partial charge on any atom is 0.330 e. The second-order valence-corrected chi connectivity index (χ2v) is 6.34. The van der Waals surface area contributed by atoms with Gasteiger partial charge in [0, 0.05) is 25.5 Å². The Morgan fingerprint density at radius 3 is 2.68 bits per heavy atom. The van der Waals surface area contributed by atoms with E-state index in [1.165, 1.54) is 28.7 Å². The number of benzene rings is 2. The number of anilines is 1. The van der Waals surface area contributed by atoms with Crippen molar-refractivity contribution in [1.29, 1.82) is 0 Å². The molecule has 28 heavy (non-hydrogen) atoms. The number of imidazole rings is 1. The van der Waals surface area contributed by atoms with Gasteiger partial charge in [0.2, 0.25) is 0 Å². The second kappa shape index (κ2) is 7.99. The summed E-state index contributed by atoms with van der Waals surface area (Å²) < 4.78 is 20.2. The maximum absolute atomic E-state index is 13.9. The van der Waals surface area contributed by atoms with Crippen LogP contribution in [0.1, 0.15) is 11.3 Å². The lowest BCUT2D eigenvalue weighted by Crippen LogP contribution is -2.31. The zero-order chi connectivity index (χ0) is 20.3. The fourth-order valence-corrected chi connectivity index (χ4v) is 2.89. The zero-order valence-electron chi connectivity index (χ0n) is 15.8. The number of halogens is 1. The predicted octanol–water partition coefficient (Wildman–Crippen LogP) is 3.29. The lowest BCUT2D eigenvalue weighted by Gasteiger charge is -2.20. The van der Waals surface area contributed by atoms with Crippen LogP contribution in [0.3, 0.4) is 0 Å². The molecule has 0 saturated heterocycles. The third-order valence-corrected chi connectivity index (χ3v) is 4.33. The lowest BCUT2D eigenvalue weighted by atomic mass is 10.2. The number of urea groups is 1. The molecular weight excluding hydrogens is 363 g/mol. The monoisotopic (exact) mass is 384 g/mol. The molecule has 7 nitrogen and oxygen atoms in total. The topological polar surface area (TPSA) is 79.4 Å². The van der Waals surface area contributed by atoms with E-state index in [2.05, 4.69) is 10.3 Å². The SMILES string of the molecule is COc1ccc(CN(C)C(=O)Nc2ccccc2-n2c(C)c[nH]c2=O)cc1F. The number of aromatic nitrogens is 2. The summed E-state index contributed by atoms with van der Waals surface area (Å²) in [6, 6.07) is 11.2. The van der Waals surface area contributed by atoms with E-state index in [0.717, 1.165) is 0 Å². The Morgan fingerprint density at radius 2 is 2.04 bits per heavy atom. The molecule has 3 rings (SSSR count). The van der Waals surface area contributed by atoms with Crippen LogP contribution >= 0.6 is 0 Å². The summed E-state index contributed by atoms with van der Waals surface area (Å²) >= 11 is 0. The molecule has 0 aliphatic heterocycles. The standard InChI is InChI=1S/C20H21FN4O3/c1-13-11-22-19(26)25(13)17-7-5-4-6-16(17)23-20(27)24(2)12-14-8-9-18(28-3)15(21)10-14/h4-11H,12H2,1-3H3,(H,22,26)(H,23,27). The van der Waals surface area contributed by atoms with Gasteiger partial charge in [0.1, 0.15) is 0 Å². The number of ether oxygens (including phenoxy) is 1. The Bertz CT molecular complexity index is 1060. The van der Waals surface area contributed by atoms with Crippen molar-refractivity contribution in [2.75, 3.05) is 19.5 Å². The molecular formula is C20H21FN4O3. The van der Waals surface area contributed by atoms with E-state index < -0.39 is 5.82 Å². The van der Waals surface area contributed by atoms with E-state index in [4.69, 9.17) is 4.74 Å². The number of para-hydroxylation sites is 2. The smallest absolute Gasteiger partial charge is 0.330 e. The summed E-state index contributed by atoms with van der Waals surface area (Å²) in [6.45, 7) is 2.00. The molecule has 2 amide bonds. The van der Waals surface area contributed by atoms with Crippen LogP contribution < -0.4 is 15.7 Å². The highest BCUT2D eigenvalue weighted by Crippen LogP contribution is 2.21. The Kier molecular flexibility index (Phi) is 5.49. The van der Waals surface area contributed by atoms with Crippen molar-refractivity contribution in [1.82, 2.24) is 14.5 Å². The van der Waals surface area contributed by atoms with E-state index in [0.29, 0.717) is 22.6 Å². The fraction of sp³-hybridized carbons (Fsp3) is 0.200. The minimum Gasteiger partial charge on any atom is -0.494 e. The van der Waals surface area contributed by atoms with Gasteiger partial charge in [-0.2, -0.15) is 0 Å². The minimum atomic E-state index is -0.485. The first-order chi connectivity index (χ1) is 13.4. The first kappa shape index (κ1) is 19.2. The number of hydrogen-bond donors (Lipinski definition) is 2. The number of aryl methyl sites for hydroxylation is 1. The number of nitrogens with one attached hydrogen (secondary N) is 2. The number of carbonyl (C=O) groups excluding carboxylic acids is 1. The van der Waals surface area contributed by atoms with Crippen LogP contribution in [0.2, 0.25) is 0 Å². The molecule has 0 atom stereocenters.